The first-order valence-electron chi connectivity index (χ1n) is 5.30. The highest BCUT2D eigenvalue weighted by Gasteiger charge is 2.38. The summed E-state index contributed by atoms with van der Waals surface area (Å²) >= 11 is 0. The monoisotopic (exact) mass is 199 g/mol. The van der Waals surface area contributed by atoms with Gasteiger partial charge in [0.05, 0.1) is 7.11 Å². The maximum Gasteiger partial charge on any atom is 0.249 e. The zero-order valence-corrected chi connectivity index (χ0v) is 9.67. The molecule has 1 saturated carbocycles. The second kappa shape index (κ2) is 4.30. The van der Waals surface area contributed by atoms with Crippen LogP contribution < -0.4 is 0 Å². The maximum absolute atomic E-state index is 11.9. The van der Waals surface area contributed by atoms with Crippen LogP contribution in [0.4, 0.5) is 0 Å². The molecule has 0 aromatic heterocycles. The van der Waals surface area contributed by atoms with Gasteiger partial charge in [-0.3, -0.25) is 9.63 Å². The molecule has 1 amide bonds. The topological polar surface area (TPSA) is 29.5 Å². The van der Waals surface area contributed by atoms with E-state index in [9.17, 15) is 4.79 Å². The molecule has 0 aliphatic heterocycles. The zero-order valence-electron chi connectivity index (χ0n) is 9.67. The van der Waals surface area contributed by atoms with E-state index in [-0.39, 0.29) is 17.2 Å². The van der Waals surface area contributed by atoms with Crippen molar-refractivity contribution >= 4 is 5.91 Å². The normalized spacial score (nSPS) is 25.9. The van der Waals surface area contributed by atoms with Gasteiger partial charge in [0, 0.05) is 13.0 Å². The van der Waals surface area contributed by atoms with Gasteiger partial charge in [-0.05, 0) is 18.3 Å². The molecule has 0 saturated heterocycles. The molecule has 82 valence electrons. The summed E-state index contributed by atoms with van der Waals surface area (Å²) in [4.78, 5) is 16.9. The number of rotatable bonds is 2. The molecular weight excluding hydrogens is 178 g/mol. The number of nitrogens with zero attached hydrogens (tertiary/aromatic N) is 1. The van der Waals surface area contributed by atoms with Crippen molar-refractivity contribution in [1.82, 2.24) is 5.06 Å². The lowest BCUT2D eigenvalue weighted by molar-refractivity contribution is -0.178. The van der Waals surface area contributed by atoms with Crippen LogP contribution in [0.15, 0.2) is 0 Å². The van der Waals surface area contributed by atoms with Crippen LogP contribution in [0, 0.1) is 11.3 Å². The second-order valence-electron chi connectivity index (χ2n) is 4.81. The predicted molar refractivity (Wildman–Crippen MR) is 55.5 cm³/mol. The van der Waals surface area contributed by atoms with Gasteiger partial charge in [-0.25, -0.2) is 5.06 Å². The van der Waals surface area contributed by atoms with Crippen molar-refractivity contribution < 1.29 is 9.63 Å². The quantitative estimate of drug-likeness (QED) is 0.638. The Morgan fingerprint density at radius 3 is 2.57 bits per heavy atom. The summed E-state index contributed by atoms with van der Waals surface area (Å²) in [5, 5.41) is 1.36. The summed E-state index contributed by atoms with van der Waals surface area (Å²) in [6.45, 7) is 4.36. The van der Waals surface area contributed by atoms with Gasteiger partial charge in [0.15, 0.2) is 0 Å². The van der Waals surface area contributed by atoms with Crippen molar-refractivity contribution in [3.63, 3.8) is 0 Å². The molecule has 1 fully saturated rings. The summed E-state index contributed by atoms with van der Waals surface area (Å²) in [5.41, 5.74) is 0.127. The number of amides is 1. The SMILES string of the molecule is CON(C)C(=O)C1CCCCC1(C)C. The van der Waals surface area contributed by atoms with E-state index in [0.29, 0.717) is 0 Å². The Balaban J connectivity index is 2.69. The van der Waals surface area contributed by atoms with E-state index in [1.807, 2.05) is 0 Å². The minimum Gasteiger partial charge on any atom is -0.275 e. The van der Waals surface area contributed by atoms with Crippen LogP contribution in [-0.2, 0) is 9.63 Å². The van der Waals surface area contributed by atoms with Gasteiger partial charge < -0.3 is 0 Å². The molecule has 3 nitrogen and oxygen atoms in total. The Hall–Kier alpha value is -0.570. The average Bonchev–Trinajstić information content (AvgIpc) is 2.15. The van der Waals surface area contributed by atoms with Crippen molar-refractivity contribution in [1.29, 1.82) is 0 Å². The third kappa shape index (κ3) is 2.27. The third-order valence-electron chi connectivity index (χ3n) is 3.39. The first kappa shape index (κ1) is 11.5. The summed E-state index contributed by atoms with van der Waals surface area (Å²) in [5.74, 6) is 0.249. The Bertz CT molecular complexity index is 213. The first-order valence-corrected chi connectivity index (χ1v) is 5.30. The van der Waals surface area contributed by atoms with Crippen molar-refractivity contribution in [3.8, 4) is 0 Å². The predicted octanol–water partition coefficient (Wildman–Crippen LogP) is 2.22. The van der Waals surface area contributed by atoms with E-state index in [1.54, 1.807) is 7.05 Å². The smallest absolute Gasteiger partial charge is 0.249 e. The van der Waals surface area contributed by atoms with Gasteiger partial charge in [-0.1, -0.05) is 26.7 Å². The number of hydroxylamine groups is 2. The van der Waals surface area contributed by atoms with Gasteiger partial charge in [-0.15, -0.1) is 0 Å². The van der Waals surface area contributed by atoms with Crippen LogP contribution in [0.25, 0.3) is 0 Å². The van der Waals surface area contributed by atoms with Gasteiger partial charge >= 0.3 is 0 Å². The molecule has 0 aromatic carbocycles. The minimum absolute atomic E-state index is 0.122. The van der Waals surface area contributed by atoms with Gasteiger partial charge in [-0.2, -0.15) is 0 Å². The molecule has 1 unspecified atom stereocenters. The molecule has 0 heterocycles. The van der Waals surface area contributed by atoms with Gasteiger partial charge in [0.2, 0.25) is 5.91 Å². The second-order valence-corrected chi connectivity index (χ2v) is 4.81. The van der Waals surface area contributed by atoms with Crippen molar-refractivity contribution in [2.45, 2.75) is 39.5 Å². The number of hydrogen-bond acceptors (Lipinski definition) is 2. The summed E-state index contributed by atoms with van der Waals surface area (Å²) in [7, 11) is 3.22. The average molecular weight is 199 g/mol. The standard InChI is InChI=1S/C11H21NO2/c1-11(2)8-6-5-7-9(11)10(13)12(3)14-4/h9H,5-8H2,1-4H3. The van der Waals surface area contributed by atoms with Crippen LogP contribution in [0.2, 0.25) is 0 Å². The van der Waals surface area contributed by atoms with Crippen LogP contribution >= 0.6 is 0 Å². The van der Waals surface area contributed by atoms with E-state index in [0.717, 1.165) is 19.3 Å². The molecule has 0 N–H and O–H groups in total. The zero-order chi connectivity index (χ0) is 10.8. The molecule has 0 spiro atoms. The fourth-order valence-corrected chi connectivity index (χ4v) is 2.26. The first-order chi connectivity index (χ1) is 6.49. The van der Waals surface area contributed by atoms with E-state index in [1.165, 1.54) is 18.6 Å². The maximum atomic E-state index is 11.9. The Kier molecular flexibility index (Phi) is 3.53. The molecule has 14 heavy (non-hydrogen) atoms. The van der Waals surface area contributed by atoms with Crippen molar-refractivity contribution in [2.75, 3.05) is 14.2 Å². The van der Waals surface area contributed by atoms with Crippen molar-refractivity contribution in [3.05, 3.63) is 0 Å². The molecule has 0 radical (unpaired) electrons. The third-order valence-corrected chi connectivity index (χ3v) is 3.39. The lowest BCUT2D eigenvalue weighted by atomic mass is 9.68. The van der Waals surface area contributed by atoms with Crippen LogP contribution in [0.5, 0.6) is 0 Å². The van der Waals surface area contributed by atoms with Crippen LogP contribution in [-0.4, -0.2) is 25.1 Å². The highest BCUT2D eigenvalue weighted by molar-refractivity contribution is 5.78. The van der Waals surface area contributed by atoms with Crippen LogP contribution in [0.1, 0.15) is 39.5 Å². The molecule has 1 aliphatic carbocycles. The molecule has 3 heteroatoms. The van der Waals surface area contributed by atoms with Gasteiger partial charge in [0.1, 0.15) is 0 Å². The Morgan fingerprint density at radius 1 is 1.43 bits per heavy atom. The fourth-order valence-electron chi connectivity index (χ4n) is 2.26. The van der Waals surface area contributed by atoms with E-state index >= 15 is 0 Å². The Morgan fingerprint density at radius 2 is 2.07 bits per heavy atom. The highest BCUT2D eigenvalue weighted by atomic mass is 16.7. The van der Waals surface area contributed by atoms with Crippen molar-refractivity contribution in [2.24, 2.45) is 11.3 Å². The van der Waals surface area contributed by atoms with E-state index < -0.39 is 0 Å². The Labute approximate surface area is 86.4 Å². The molecule has 0 bridgehead atoms. The molecule has 1 atom stereocenters. The van der Waals surface area contributed by atoms with E-state index in [2.05, 4.69) is 13.8 Å². The van der Waals surface area contributed by atoms with E-state index in [4.69, 9.17) is 4.84 Å². The molecular formula is C11H21NO2. The van der Waals surface area contributed by atoms with Crippen LogP contribution in [0.3, 0.4) is 0 Å². The van der Waals surface area contributed by atoms with Gasteiger partial charge in [0.25, 0.3) is 0 Å². The lowest BCUT2D eigenvalue weighted by Crippen LogP contribution is -2.41. The number of carbonyl (C=O) groups is 1. The lowest BCUT2D eigenvalue weighted by Gasteiger charge is -2.38. The number of carbonyl (C=O) groups excluding carboxylic acids is 1. The highest BCUT2D eigenvalue weighted by Crippen LogP contribution is 2.41. The summed E-state index contributed by atoms with van der Waals surface area (Å²) in [6.07, 6.45) is 4.55. The fraction of sp³-hybridized carbons (Fsp3) is 0.909. The minimum atomic E-state index is 0.122. The largest absolute Gasteiger partial charge is 0.275 e. The molecule has 0 aromatic rings. The summed E-state index contributed by atoms with van der Waals surface area (Å²) in [6, 6.07) is 0. The summed E-state index contributed by atoms with van der Waals surface area (Å²) < 4.78 is 0. The molecule has 1 rings (SSSR count). The molecule has 1 aliphatic rings. The number of hydrogen-bond donors (Lipinski definition) is 0.